The maximum atomic E-state index is 12.2. The first-order valence-electron chi connectivity index (χ1n) is 4.24. The van der Waals surface area contributed by atoms with E-state index in [1.807, 2.05) is 18.2 Å². The Morgan fingerprint density at radius 1 is 1.50 bits per heavy atom. The molecule has 0 aliphatic heterocycles. The second-order valence-corrected chi connectivity index (χ2v) is 3.04. The first-order valence-corrected chi connectivity index (χ1v) is 4.24. The van der Waals surface area contributed by atoms with E-state index in [4.69, 9.17) is 0 Å². The van der Waals surface area contributed by atoms with Crippen LogP contribution in [0.1, 0.15) is 10.6 Å². The Bertz CT molecular complexity index is 490. The average Bonchev–Trinajstić information content (AvgIpc) is 2.56. The molecule has 1 aromatic heterocycles. The normalized spacial score (nSPS) is 10.7. The van der Waals surface area contributed by atoms with Crippen molar-refractivity contribution in [1.29, 1.82) is 0 Å². The number of halogens is 1. The van der Waals surface area contributed by atoms with E-state index in [2.05, 4.69) is 4.98 Å². The van der Waals surface area contributed by atoms with Crippen molar-refractivity contribution in [2.75, 3.05) is 6.67 Å². The van der Waals surface area contributed by atoms with Gasteiger partial charge in [-0.05, 0) is 12.1 Å². The standard InChI is InChI=1S/C10H9FN2O/c1-13-8-5-3-2-4-7(8)12-10(13)9(14)6-11/h2-5H,6H2,1H3. The molecule has 0 N–H and O–H groups in total. The number of rotatable bonds is 2. The lowest BCUT2D eigenvalue weighted by molar-refractivity contribution is 0.0946. The molecule has 3 nitrogen and oxygen atoms in total. The molecule has 2 aromatic rings. The number of imidazole rings is 1. The van der Waals surface area contributed by atoms with Crippen LogP contribution in [0.3, 0.4) is 0 Å². The molecule has 72 valence electrons. The molecule has 1 heterocycles. The van der Waals surface area contributed by atoms with Crippen LogP contribution in [-0.2, 0) is 7.05 Å². The highest BCUT2D eigenvalue weighted by Gasteiger charge is 2.13. The van der Waals surface area contributed by atoms with E-state index >= 15 is 0 Å². The van der Waals surface area contributed by atoms with Crippen molar-refractivity contribution in [1.82, 2.24) is 9.55 Å². The lowest BCUT2D eigenvalue weighted by Crippen LogP contribution is -2.08. The highest BCUT2D eigenvalue weighted by atomic mass is 19.1. The molecule has 0 amide bonds. The summed E-state index contributed by atoms with van der Waals surface area (Å²) in [5.74, 6) is -0.405. The van der Waals surface area contributed by atoms with Crippen LogP contribution in [0, 0.1) is 0 Å². The van der Waals surface area contributed by atoms with Gasteiger partial charge in [0.25, 0.3) is 0 Å². The number of ketones is 1. The Hall–Kier alpha value is -1.71. The maximum Gasteiger partial charge on any atom is 0.229 e. The average molecular weight is 192 g/mol. The van der Waals surface area contributed by atoms with E-state index in [9.17, 15) is 9.18 Å². The molecule has 0 spiro atoms. The summed E-state index contributed by atoms with van der Waals surface area (Å²) in [7, 11) is 1.71. The zero-order valence-corrected chi connectivity index (χ0v) is 7.70. The molecule has 0 fully saturated rings. The number of nitrogens with zero attached hydrogens (tertiary/aromatic N) is 2. The van der Waals surface area contributed by atoms with E-state index < -0.39 is 12.5 Å². The molecule has 0 aliphatic carbocycles. The van der Waals surface area contributed by atoms with Gasteiger partial charge in [0, 0.05) is 7.05 Å². The van der Waals surface area contributed by atoms with Crippen LogP contribution in [0.4, 0.5) is 4.39 Å². The fourth-order valence-electron chi connectivity index (χ4n) is 1.45. The molecule has 14 heavy (non-hydrogen) atoms. The number of benzene rings is 1. The van der Waals surface area contributed by atoms with Gasteiger partial charge in [-0.1, -0.05) is 12.1 Å². The van der Waals surface area contributed by atoms with Gasteiger partial charge >= 0.3 is 0 Å². The Balaban J connectivity index is 2.68. The van der Waals surface area contributed by atoms with E-state index in [0.717, 1.165) is 5.52 Å². The molecule has 0 aliphatic rings. The van der Waals surface area contributed by atoms with Gasteiger partial charge in [-0.3, -0.25) is 4.79 Å². The SMILES string of the molecule is Cn1c(C(=O)CF)nc2ccccc21. The molecule has 0 atom stereocenters. The molecule has 0 radical (unpaired) electrons. The molecule has 2 rings (SSSR count). The number of hydrogen-bond acceptors (Lipinski definition) is 2. The summed E-state index contributed by atoms with van der Waals surface area (Å²) < 4.78 is 13.8. The summed E-state index contributed by atoms with van der Waals surface area (Å²) in [6.45, 7) is -1.00. The van der Waals surface area contributed by atoms with Gasteiger partial charge in [-0.25, -0.2) is 9.37 Å². The first kappa shape index (κ1) is 8.87. The van der Waals surface area contributed by atoms with Gasteiger partial charge in [0.2, 0.25) is 5.78 Å². The molecular formula is C10H9FN2O. The van der Waals surface area contributed by atoms with Crippen molar-refractivity contribution in [2.45, 2.75) is 0 Å². The Labute approximate surface area is 80.2 Å². The maximum absolute atomic E-state index is 12.2. The third-order valence-corrected chi connectivity index (χ3v) is 2.16. The largest absolute Gasteiger partial charge is 0.325 e. The summed E-state index contributed by atoms with van der Waals surface area (Å²) in [6.07, 6.45) is 0. The van der Waals surface area contributed by atoms with Gasteiger partial charge in [0.1, 0.15) is 0 Å². The quantitative estimate of drug-likeness (QED) is 0.679. The monoisotopic (exact) mass is 192 g/mol. The molecule has 0 bridgehead atoms. The van der Waals surface area contributed by atoms with E-state index in [1.165, 1.54) is 0 Å². The molecule has 4 heteroatoms. The third-order valence-electron chi connectivity index (χ3n) is 2.16. The molecule has 0 unspecified atom stereocenters. The van der Waals surface area contributed by atoms with E-state index in [1.54, 1.807) is 17.7 Å². The van der Waals surface area contributed by atoms with E-state index in [0.29, 0.717) is 5.52 Å². The lowest BCUT2D eigenvalue weighted by atomic mass is 10.3. The van der Waals surface area contributed by atoms with Crippen LogP contribution in [-0.4, -0.2) is 22.0 Å². The number of carbonyl (C=O) groups excluding carboxylic acids is 1. The Morgan fingerprint density at radius 3 is 2.86 bits per heavy atom. The number of para-hydroxylation sites is 2. The van der Waals surface area contributed by atoms with Crippen LogP contribution < -0.4 is 0 Å². The van der Waals surface area contributed by atoms with Crippen molar-refractivity contribution in [3.63, 3.8) is 0 Å². The van der Waals surface area contributed by atoms with Gasteiger partial charge in [-0.2, -0.15) is 0 Å². The van der Waals surface area contributed by atoms with E-state index in [-0.39, 0.29) is 5.82 Å². The minimum Gasteiger partial charge on any atom is -0.325 e. The number of fused-ring (bicyclic) bond motifs is 1. The topological polar surface area (TPSA) is 34.9 Å². The summed E-state index contributed by atoms with van der Waals surface area (Å²) in [4.78, 5) is 15.2. The van der Waals surface area contributed by atoms with Crippen molar-refractivity contribution in [3.05, 3.63) is 30.1 Å². The fourth-order valence-corrected chi connectivity index (χ4v) is 1.45. The van der Waals surface area contributed by atoms with Crippen LogP contribution in [0.2, 0.25) is 0 Å². The van der Waals surface area contributed by atoms with Crippen LogP contribution in [0.15, 0.2) is 24.3 Å². The smallest absolute Gasteiger partial charge is 0.229 e. The van der Waals surface area contributed by atoms with Crippen molar-refractivity contribution < 1.29 is 9.18 Å². The summed E-state index contributed by atoms with van der Waals surface area (Å²) in [5, 5.41) is 0. The number of Topliss-reactive ketones (excluding diaryl/α,β-unsaturated/α-hetero) is 1. The number of hydrogen-bond donors (Lipinski definition) is 0. The molecular weight excluding hydrogens is 183 g/mol. The van der Waals surface area contributed by atoms with Gasteiger partial charge in [-0.15, -0.1) is 0 Å². The number of aryl methyl sites for hydroxylation is 1. The Kier molecular flexibility index (Phi) is 2.04. The second kappa shape index (κ2) is 3.21. The van der Waals surface area contributed by atoms with Gasteiger partial charge < -0.3 is 4.57 Å². The zero-order chi connectivity index (χ0) is 10.1. The molecule has 0 saturated heterocycles. The Morgan fingerprint density at radius 2 is 2.21 bits per heavy atom. The van der Waals surface area contributed by atoms with Crippen LogP contribution >= 0.6 is 0 Å². The van der Waals surface area contributed by atoms with Gasteiger partial charge in [0.05, 0.1) is 11.0 Å². The summed E-state index contributed by atoms with van der Waals surface area (Å²) in [6, 6.07) is 7.33. The summed E-state index contributed by atoms with van der Waals surface area (Å²) in [5.41, 5.74) is 1.55. The zero-order valence-electron chi connectivity index (χ0n) is 7.70. The number of aromatic nitrogens is 2. The third kappa shape index (κ3) is 1.19. The van der Waals surface area contributed by atoms with Crippen molar-refractivity contribution in [2.24, 2.45) is 7.05 Å². The first-order chi connectivity index (χ1) is 6.74. The lowest BCUT2D eigenvalue weighted by Gasteiger charge is -1.97. The predicted octanol–water partition coefficient (Wildman–Crippen LogP) is 1.73. The highest BCUT2D eigenvalue weighted by Crippen LogP contribution is 2.14. The number of carbonyl (C=O) groups is 1. The fraction of sp³-hybridized carbons (Fsp3) is 0.200. The molecule has 0 saturated carbocycles. The second-order valence-electron chi connectivity index (χ2n) is 3.04. The van der Waals surface area contributed by atoms with Crippen LogP contribution in [0.25, 0.3) is 11.0 Å². The predicted molar refractivity (Wildman–Crippen MR) is 51.0 cm³/mol. The summed E-state index contributed by atoms with van der Waals surface area (Å²) >= 11 is 0. The molecule has 1 aromatic carbocycles. The number of alkyl halides is 1. The highest BCUT2D eigenvalue weighted by molar-refractivity contribution is 5.97. The minimum absolute atomic E-state index is 0.175. The minimum atomic E-state index is -1.00. The van der Waals surface area contributed by atoms with Gasteiger partial charge in [0.15, 0.2) is 12.5 Å². The van der Waals surface area contributed by atoms with Crippen molar-refractivity contribution in [3.8, 4) is 0 Å². The van der Waals surface area contributed by atoms with Crippen LogP contribution in [0.5, 0.6) is 0 Å². The van der Waals surface area contributed by atoms with Crippen molar-refractivity contribution >= 4 is 16.8 Å².